The number of benzene rings is 5. The van der Waals surface area contributed by atoms with Crippen molar-refractivity contribution >= 4 is 27.8 Å². The van der Waals surface area contributed by atoms with Crippen molar-refractivity contribution in [1.29, 1.82) is 0 Å². The third-order valence-electron chi connectivity index (χ3n) is 8.32. The number of rotatable bonds is 0. The Kier molecular flexibility index (Phi) is 4.21. The molecule has 0 N–H and O–H groups in total. The molecule has 0 fully saturated rings. The fourth-order valence-electron chi connectivity index (χ4n) is 6.81. The summed E-state index contributed by atoms with van der Waals surface area (Å²) in [6.45, 7) is 6.58. The zero-order valence-electron chi connectivity index (χ0n) is 22.0. The number of nitrogens with zero attached hydrogens (tertiary/aromatic N) is 3. The highest BCUT2D eigenvalue weighted by Gasteiger charge is 2.27. The molecule has 2 aromatic heterocycles. The first-order valence-corrected chi connectivity index (χ1v) is 13.2. The summed E-state index contributed by atoms with van der Waals surface area (Å²) in [4.78, 5) is 5.19. The monoisotopic (exact) mass is 489 g/mol. The number of hydrogen-bond donors (Lipinski definition) is 0. The van der Waals surface area contributed by atoms with Crippen LogP contribution in [-0.4, -0.2) is 14.0 Å². The van der Waals surface area contributed by atoms with Gasteiger partial charge in [0.15, 0.2) is 0 Å². The molecule has 0 atom stereocenters. The third kappa shape index (κ3) is 2.66. The molecule has 0 spiro atoms. The van der Waals surface area contributed by atoms with E-state index in [2.05, 4.69) is 128 Å². The van der Waals surface area contributed by atoms with E-state index < -0.39 is 0 Å². The van der Waals surface area contributed by atoms with E-state index in [1.54, 1.807) is 0 Å². The molecule has 7 aromatic rings. The highest BCUT2D eigenvalue weighted by Crippen LogP contribution is 2.50. The van der Waals surface area contributed by atoms with Gasteiger partial charge in [0.25, 0.3) is 0 Å². The lowest BCUT2D eigenvalue weighted by Crippen LogP contribution is -2.00. The number of hydrogen-bond acceptors (Lipinski definition) is 1. The lowest BCUT2D eigenvalue weighted by atomic mass is 9.80. The molecule has 0 amide bonds. The van der Waals surface area contributed by atoms with Gasteiger partial charge in [-0.25, -0.2) is 4.98 Å². The first-order valence-electron chi connectivity index (χ1n) is 13.2. The minimum atomic E-state index is 0.980. The SMILES string of the molecule is Cc1cc(C)c2nc3n(C)c4c(C)cc5c(c4n3c2c1)-c1ccccc1-c1ccccc1-c1ccccc1-5. The van der Waals surface area contributed by atoms with Crippen LogP contribution in [0.25, 0.3) is 72.4 Å². The second-order valence-corrected chi connectivity index (χ2v) is 10.7. The van der Waals surface area contributed by atoms with Crippen LogP contribution in [0.3, 0.4) is 0 Å². The summed E-state index contributed by atoms with van der Waals surface area (Å²) in [7, 11) is 2.16. The Balaban J connectivity index is 1.69. The fourth-order valence-corrected chi connectivity index (χ4v) is 6.81. The van der Waals surface area contributed by atoms with Crippen molar-refractivity contribution in [2.45, 2.75) is 20.8 Å². The van der Waals surface area contributed by atoms with Crippen molar-refractivity contribution < 1.29 is 0 Å². The van der Waals surface area contributed by atoms with Crippen molar-refractivity contribution in [2.75, 3.05) is 0 Å². The van der Waals surface area contributed by atoms with Gasteiger partial charge in [0.1, 0.15) is 0 Å². The first-order chi connectivity index (χ1) is 18.5. The van der Waals surface area contributed by atoms with Crippen molar-refractivity contribution in [3.05, 3.63) is 108 Å². The quantitative estimate of drug-likeness (QED) is 0.208. The molecule has 0 radical (unpaired) electrons. The van der Waals surface area contributed by atoms with E-state index in [0.717, 1.165) is 11.3 Å². The molecular weight excluding hydrogens is 462 g/mol. The largest absolute Gasteiger partial charge is 0.312 e. The van der Waals surface area contributed by atoms with Crippen molar-refractivity contribution in [3.8, 4) is 44.5 Å². The topological polar surface area (TPSA) is 22.2 Å². The lowest BCUT2D eigenvalue weighted by molar-refractivity contribution is 0.969. The highest BCUT2D eigenvalue weighted by atomic mass is 15.2. The van der Waals surface area contributed by atoms with Gasteiger partial charge in [-0.3, -0.25) is 4.40 Å². The van der Waals surface area contributed by atoms with Gasteiger partial charge in [0.2, 0.25) is 5.78 Å². The number of fused-ring (bicyclic) bond motifs is 14. The van der Waals surface area contributed by atoms with E-state index in [9.17, 15) is 0 Å². The molecule has 182 valence electrons. The molecule has 3 nitrogen and oxygen atoms in total. The highest BCUT2D eigenvalue weighted by molar-refractivity contribution is 6.12. The van der Waals surface area contributed by atoms with Gasteiger partial charge < -0.3 is 4.57 Å². The molecule has 5 aromatic carbocycles. The van der Waals surface area contributed by atoms with E-state index in [4.69, 9.17) is 4.98 Å². The second-order valence-electron chi connectivity index (χ2n) is 10.7. The van der Waals surface area contributed by atoms with Crippen LogP contribution in [0.2, 0.25) is 0 Å². The van der Waals surface area contributed by atoms with E-state index in [1.807, 2.05) is 0 Å². The maximum atomic E-state index is 5.19. The minimum absolute atomic E-state index is 0.980. The Hall–Kier alpha value is -4.63. The van der Waals surface area contributed by atoms with E-state index in [-0.39, 0.29) is 0 Å². The van der Waals surface area contributed by atoms with Gasteiger partial charge in [0.05, 0.1) is 22.1 Å². The van der Waals surface area contributed by atoms with Gasteiger partial charge in [0, 0.05) is 12.6 Å². The Morgan fingerprint density at radius 3 is 1.68 bits per heavy atom. The molecule has 8 rings (SSSR count). The maximum Gasteiger partial charge on any atom is 0.215 e. The zero-order chi connectivity index (χ0) is 25.7. The van der Waals surface area contributed by atoms with Crippen molar-refractivity contribution in [1.82, 2.24) is 14.0 Å². The summed E-state index contributed by atoms with van der Waals surface area (Å²) in [5.41, 5.74) is 18.6. The summed E-state index contributed by atoms with van der Waals surface area (Å²) in [5.74, 6) is 0.980. The number of aromatic nitrogens is 3. The molecule has 0 bridgehead atoms. The van der Waals surface area contributed by atoms with Crippen LogP contribution < -0.4 is 0 Å². The van der Waals surface area contributed by atoms with E-state index in [1.165, 1.54) is 77.7 Å². The second kappa shape index (κ2) is 7.45. The Labute approximate surface area is 221 Å². The molecule has 1 aliphatic rings. The van der Waals surface area contributed by atoms with Crippen molar-refractivity contribution in [3.63, 3.8) is 0 Å². The Morgan fingerprint density at radius 1 is 0.553 bits per heavy atom. The van der Waals surface area contributed by atoms with Crippen molar-refractivity contribution in [2.24, 2.45) is 7.05 Å². The number of imidazole rings is 2. The van der Waals surface area contributed by atoms with Gasteiger partial charge in [-0.1, -0.05) is 78.9 Å². The standard InChI is InChI=1S/C35H27N3/c1-20-17-21(2)32-30(18-20)38-34-31-28-16-10-9-14-26(28)24-12-6-5-11-23(24)25-13-7-8-15-27(25)29(31)19-22(3)33(34)37(4)35(38)36-32/h5-19H,1-4H3. The summed E-state index contributed by atoms with van der Waals surface area (Å²) < 4.78 is 4.68. The van der Waals surface area contributed by atoms with Gasteiger partial charge in [-0.05, 0) is 88.5 Å². The molecule has 0 unspecified atom stereocenters. The van der Waals surface area contributed by atoms with Crippen LogP contribution in [0.1, 0.15) is 16.7 Å². The molecule has 0 saturated carbocycles. The summed E-state index contributed by atoms with van der Waals surface area (Å²) in [6, 6.07) is 33.5. The molecule has 0 aliphatic heterocycles. The summed E-state index contributed by atoms with van der Waals surface area (Å²) in [6.07, 6.45) is 0. The summed E-state index contributed by atoms with van der Waals surface area (Å²) >= 11 is 0. The molecule has 3 heteroatoms. The van der Waals surface area contributed by atoms with Crippen LogP contribution in [0.5, 0.6) is 0 Å². The number of aryl methyl sites for hydroxylation is 4. The summed E-state index contributed by atoms with van der Waals surface area (Å²) in [5, 5.41) is 0. The van der Waals surface area contributed by atoms with Gasteiger partial charge in [-0.15, -0.1) is 0 Å². The van der Waals surface area contributed by atoms with Crippen LogP contribution in [0.4, 0.5) is 0 Å². The fraction of sp³-hybridized carbons (Fsp3) is 0.114. The molecule has 1 aliphatic carbocycles. The smallest absolute Gasteiger partial charge is 0.215 e. The minimum Gasteiger partial charge on any atom is -0.312 e. The average molecular weight is 490 g/mol. The van der Waals surface area contributed by atoms with E-state index >= 15 is 0 Å². The van der Waals surface area contributed by atoms with E-state index in [0.29, 0.717) is 0 Å². The third-order valence-corrected chi connectivity index (χ3v) is 8.32. The maximum absolute atomic E-state index is 5.19. The Morgan fingerprint density at radius 2 is 1.08 bits per heavy atom. The molecule has 2 heterocycles. The van der Waals surface area contributed by atoms with Gasteiger partial charge in [-0.2, -0.15) is 0 Å². The molecule has 0 saturated heterocycles. The predicted molar refractivity (Wildman–Crippen MR) is 159 cm³/mol. The molecular formula is C35H27N3. The van der Waals surface area contributed by atoms with Crippen LogP contribution in [0, 0.1) is 20.8 Å². The lowest BCUT2D eigenvalue weighted by Gasteiger charge is -2.24. The normalized spacial score (nSPS) is 12.2. The van der Waals surface area contributed by atoms with Crippen LogP contribution in [-0.2, 0) is 7.05 Å². The van der Waals surface area contributed by atoms with Gasteiger partial charge >= 0.3 is 0 Å². The molecule has 38 heavy (non-hydrogen) atoms. The van der Waals surface area contributed by atoms with Crippen LogP contribution >= 0.6 is 0 Å². The predicted octanol–water partition coefficient (Wildman–Crippen LogP) is 8.89. The first kappa shape index (κ1) is 21.5. The Bertz CT molecular complexity index is 2120. The van der Waals surface area contributed by atoms with Crippen LogP contribution in [0.15, 0.2) is 91.0 Å². The average Bonchev–Trinajstić information content (AvgIpc) is 3.44. The zero-order valence-corrected chi connectivity index (χ0v) is 22.0.